The van der Waals surface area contributed by atoms with Gasteiger partial charge in [0.2, 0.25) is 0 Å². The van der Waals surface area contributed by atoms with Crippen LogP contribution in [0.4, 0.5) is 4.39 Å². The van der Waals surface area contributed by atoms with Crippen LogP contribution >= 0.6 is 0 Å². The molecule has 8 nitrogen and oxygen atoms in total. The van der Waals surface area contributed by atoms with Crippen molar-refractivity contribution in [1.29, 1.82) is 0 Å². The van der Waals surface area contributed by atoms with E-state index in [1.807, 2.05) is 18.2 Å². The predicted octanol–water partition coefficient (Wildman–Crippen LogP) is 4.47. The zero-order chi connectivity index (χ0) is 21.7. The molecule has 3 N–H and O–H groups in total. The first-order valence-corrected chi connectivity index (χ1v) is 9.73. The van der Waals surface area contributed by atoms with Gasteiger partial charge in [-0.05, 0) is 30.3 Å². The van der Waals surface area contributed by atoms with Crippen molar-refractivity contribution in [3.8, 4) is 39.5 Å². The van der Waals surface area contributed by atoms with Crippen LogP contribution in [0, 0.1) is 5.82 Å². The molecular weight excluding hydrogens is 409 g/mol. The largest absolute Gasteiger partial charge is 0.508 e. The van der Waals surface area contributed by atoms with Crippen molar-refractivity contribution in [2.75, 3.05) is 0 Å². The summed E-state index contributed by atoms with van der Waals surface area (Å²) < 4.78 is 13.9. The number of pyridine rings is 2. The number of rotatable bonds is 3. The van der Waals surface area contributed by atoms with Crippen LogP contribution in [0.1, 0.15) is 0 Å². The molecule has 0 bridgehead atoms. The Morgan fingerprint density at radius 3 is 2.53 bits per heavy atom. The van der Waals surface area contributed by atoms with Crippen LogP contribution in [0.5, 0.6) is 5.75 Å². The van der Waals surface area contributed by atoms with Crippen molar-refractivity contribution in [2.45, 2.75) is 0 Å². The maximum atomic E-state index is 13.9. The van der Waals surface area contributed by atoms with Gasteiger partial charge in [0.1, 0.15) is 23.6 Å². The van der Waals surface area contributed by atoms with Gasteiger partial charge in [-0.3, -0.25) is 10.1 Å². The number of nitrogens with one attached hydrogen (secondary N) is 2. The van der Waals surface area contributed by atoms with E-state index >= 15 is 0 Å². The Morgan fingerprint density at radius 1 is 0.812 bits per heavy atom. The Morgan fingerprint density at radius 2 is 1.69 bits per heavy atom. The van der Waals surface area contributed by atoms with Crippen LogP contribution in [0.3, 0.4) is 0 Å². The number of phenols is 1. The van der Waals surface area contributed by atoms with Crippen molar-refractivity contribution in [2.24, 2.45) is 0 Å². The fourth-order valence-electron chi connectivity index (χ4n) is 3.84. The van der Waals surface area contributed by atoms with E-state index < -0.39 is 5.82 Å². The van der Waals surface area contributed by atoms with E-state index in [2.05, 4.69) is 35.1 Å². The number of H-pyrrole nitrogens is 2. The second-order valence-electron chi connectivity index (χ2n) is 7.32. The van der Waals surface area contributed by atoms with Crippen molar-refractivity contribution < 1.29 is 9.50 Å². The van der Waals surface area contributed by atoms with E-state index in [1.165, 1.54) is 18.5 Å². The second kappa shape index (κ2) is 6.95. The Balaban J connectivity index is 1.52. The predicted molar refractivity (Wildman–Crippen MR) is 117 cm³/mol. The Bertz CT molecular complexity index is 1590. The van der Waals surface area contributed by atoms with E-state index in [0.717, 1.165) is 39.2 Å². The molecule has 0 fully saturated rings. The Kier molecular flexibility index (Phi) is 3.94. The highest BCUT2D eigenvalue weighted by molar-refractivity contribution is 6.00. The summed E-state index contributed by atoms with van der Waals surface area (Å²) in [5.74, 6) is -0.687. The highest BCUT2D eigenvalue weighted by atomic mass is 19.1. The summed E-state index contributed by atoms with van der Waals surface area (Å²) in [5.41, 5.74) is 5.66. The molecule has 6 rings (SSSR count). The third-order valence-corrected chi connectivity index (χ3v) is 5.27. The molecule has 5 heterocycles. The number of phenolic OH excluding ortho intramolecular Hbond substituents is 1. The number of hydrogen-bond donors (Lipinski definition) is 3. The third kappa shape index (κ3) is 2.95. The first kappa shape index (κ1) is 18.1. The van der Waals surface area contributed by atoms with Gasteiger partial charge in [0.25, 0.3) is 0 Å². The first-order valence-electron chi connectivity index (χ1n) is 9.73. The van der Waals surface area contributed by atoms with Gasteiger partial charge in [0.15, 0.2) is 5.65 Å². The minimum absolute atomic E-state index is 0.156. The zero-order valence-corrected chi connectivity index (χ0v) is 16.4. The molecule has 0 saturated heterocycles. The molecule has 6 aromatic rings. The summed E-state index contributed by atoms with van der Waals surface area (Å²) in [6, 6.07) is 9.62. The summed E-state index contributed by atoms with van der Waals surface area (Å²) in [7, 11) is 0. The summed E-state index contributed by atoms with van der Waals surface area (Å²) in [6.07, 6.45) is 8.31. The molecule has 9 heteroatoms. The fourth-order valence-corrected chi connectivity index (χ4v) is 3.84. The molecule has 0 unspecified atom stereocenters. The average molecular weight is 423 g/mol. The SMILES string of the molecule is Oc1cc(F)cc(-c2nccc3[nH]c(-c4n[nH]c5ncc(-c6cncnc6)cc45)cc23)c1. The molecule has 0 amide bonds. The number of aromatic hydroxyl groups is 1. The third-order valence-electron chi connectivity index (χ3n) is 5.27. The highest BCUT2D eigenvalue weighted by Gasteiger charge is 2.16. The van der Waals surface area contributed by atoms with Gasteiger partial charge < -0.3 is 10.1 Å². The maximum Gasteiger partial charge on any atom is 0.155 e. The highest BCUT2D eigenvalue weighted by Crippen LogP contribution is 2.34. The van der Waals surface area contributed by atoms with E-state index in [4.69, 9.17) is 0 Å². The van der Waals surface area contributed by atoms with Crippen molar-refractivity contribution in [3.05, 3.63) is 73.3 Å². The quantitative estimate of drug-likeness (QED) is 0.387. The van der Waals surface area contributed by atoms with Gasteiger partial charge in [0.05, 0.1) is 11.4 Å². The van der Waals surface area contributed by atoms with Crippen LogP contribution in [0.25, 0.3) is 55.7 Å². The smallest absolute Gasteiger partial charge is 0.155 e. The molecule has 0 radical (unpaired) electrons. The molecule has 0 aliphatic rings. The lowest BCUT2D eigenvalue weighted by Gasteiger charge is -2.03. The number of nitrogens with zero attached hydrogens (tertiary/aromatic N) is 5. The van der Waals surface area contributed by atoms with Crippen LogP contribution in [-0.2, 0) is 0 Å². The Labute approximate surface area is 179 Å². The molecule has 0 aliphatic heterocycles. The van der Waals surface area contributed by atoms with Crippen LogP contribution < -0.4 is 0 Å². The van der Waals surface area contributed by atoms with Crippen molar-refractivity contribution >= 4 is 21.9 Å². The van der Waals surface area contributed by atoms with Crippen LogP contribution in [-0.4, -0.2) is 40.2 Å². The lowest BCUT2D eigenvalue weighted by Crippen LogP contribution is -1.85. The standard InChI is InChI=1S/C23H14FN7O/c24-15-3-12(4-16(32)6-15)21-17-7-20(29-19(17)1-2-27-21)22-18-5-13(10-28-23(18)31-30-22)14-8-25-11-26-9-14/h1-11,29,32H,(H,28,30,31). The number of halogens is 1. The summed E-state index contributed by atoms with van der Waals surface area (Å²) in [5, 5.41) is 18.8. The van der Waals surface area contributed by atoms with E-state index in [-0.39, 0.29) is 5.75 Å². The molecular formula is C23H14FN7O. The summed E-state index contributed by atoms with van der Waals surface area (Å²) >= 11 is 0. The van der Waals surface area contributed by atoms with Gasteiger partial charge in [-0.2, -0.15) is 5.10 Å². The molecule has 0 atom stereocenters. The molecule has 1 aromatic carbocycles. The van der Waals surface area contributed by atoms with Gasteiger partial charge >= 0.3 is 0 Å². The molecule has 32 heavy (non-hydrogen) atoms. The minimum Gasteiger partial charge on any atom is -0.508 e. The molecule has 5 aromatic heterocycles. The van der Waals surface area contributed by atoms with Gasteiger partial charge in [-0.1, -0.05) is 0 Å². The normalized spacial score (nSPS) is 11.4. The minimum atomic E-state index is -0.531. The van der Waals surface area contributed by atoms with Crippen molar-refractivity contribution in [3.63, 3.8) is 0 Å². The first-order chi connectivity index (χ1) is 15.7. The lowest BCUT2D eigenvalue weighted by molar-refractivity contribution is 0.469. The molecule has 0 saturated carbocycles. The monoisotopic (exact) mass is 423 g/mol. The average Bonchev–Trinajstić information content (AvgIpc) is 3.42. The summed E-state index contributed by atoms with van der Waals surface area (Å²) in [6.45, 7) is 0. The van der Waals surface area contributed by atoms with Crippen molar-refractivity contribution in [1.82, 2.24) is 35.1 Å². The van der Waals surface area contributed by atoms with E-state index in [9.17, 15) is 9.50 Å². The number of aromatic amines is 2. The fraction of sp³-hybridized carbons (Fsp3) is 0. The lowest BCUT2D eigenvalue weighted by atomic mass is 10.1. The van der Waals surface area contributed by atoms with Crippen LogP contribution in [0.2, 0.25) is 0 Å². The van der Waals surface area contributed by atoms with E-state index in [1.54, 1.807) is 24.8 Å². The number of fused-ring (bicyclic) bond motifs is 2. The molecule has 0 spiro atoms. The molecule has 154 valence electrons. The van der Waals surface area contributed by atoms with Gasteiger partial charge in [-0.25, -0.2) is 19.3 Å². The van der Waals surface area contributed by atoms with Gasteiger partial charge in [0, 0.05) is 63.8 Å². The number of aromatic nitrogens is 7. The van der Waals surface area contributed by atoms with Crippen LogP contribution in [0.15, 0.2) is 67.5 Å². The maximum absolute atomic E-state index is 13.9. The summed E-state index contributed by atoms with van der Waals surface area (Å²) in [4.78, 5) is 20.4. The van der Waals surface area contributed by atoms with E-state index in [0.29, 0.717) is 22.6 Å². The second-order valence-corrected chi connectivity index (χ2v) is 7.32. The topological polar surface area (TPSA) is 116 Å². The zero-order valence-electron chi connectivity index (χ0n) is 16.4. The van der Waals surface area contributed by atoms with Gasteiger partial charge in [-0.15, -0.1) is 0 Å². The molecule has 0 aliphatic carbocycles. The number of benzene rings is 1. The number of hydrogen-bond acceptors (Lipinski definition) is 6. The Hall–Kier alpha value is -4.66.